The summed E-state index contributed by atoms with van der Waals surface area (Å²) in [6.45, 7) is 1.38. The fourth-order valence-electron chi connectivity index (χ4n) is 2.35. The van der Waals surface area contributed by atoms with Gasteiger partial charge >= 0.3 is 5.97 Å². The van der Waals surface area contributed by atoms with Gasteiger partial charge in [-0.3, -0.25) is 4.79 Å². The highest BCUT2D eigenvalue weighted by Crippen LogP contribution is 2.20. The highest BCUT2D eigenvalue weighted by Gasteiger charge is 2.19. The molecule has 8 heteroatoms. The van der Waals surface area contributed by atoms with Crippen molar-refractivity contribution in [3.8, 4) is 17.2 Å². The van der Waals surface area contributed by atoms with Crippen LogP contribution < -0.4 is 10.1 Å². The molecule has 3 aromatic rings. The monoisotopic (exact) mass is 381 g/mol. The molecule has 0 spiro atoms. The molecule has 8 nitrogen and oxygen atoms in total. The highest BCUT2D eigenvalue weighted by molar-refractivity contribution is 5.96. The number of nitrogens with one attached hydrogen (secondary N) is 1. The smallest absolute Gasteiger partial charge is 0.328 e. The number of esters is 1. The number of nitrogens with zero attached hydrogens (tertiary/aromatic N) is 2. The Morgan fingerprint density at radius 2 is 1.82 bits per heavy atom. The van der Waals surface area contributed by atoms with E-state index in [1.54, 1.807) is 68.6 Å². The van der Waals surface area contributed by atoms with Crippen LogP contribution >= 0.6 is 0 Å². The third kappa shape index (κ3) is 4.73. The Balaban J connectivity index is 1.53. The summed E-state index contributed by atoms with van der Waals surface area (Å²) < 4.78 is 15.4. The van der Waals surface area contributed by atoms with E-state index >= 15 is 0 Å². The molecule has 0 aliphatic carbocycles. The predicted octanol–water partition coefficient (Wildman–Crippen LogP) is 2.61. The summed E-state index contributed by atoms with van der Waals surface area (Å²) in [4.78, 5) is 28.4. The van der Waals surface area contributed by atoms with E-state index in [1.165, 1.54) is 0 Å². The van der Waals surface area contributed by atoms with Gasteiger partial charge in [-0.1, -0.05) is 23.4 Å². The van der Waals surface area contributed by atoms with Crippen LogP contribution in [0.1, 0.15) is 23.1 Å². The number of benzene rings is 2. The molecule has 0 bridgehead atoms. The van der Waals surface area contributed by atoms with E-state index < -0.39 is 12.0 Å². The van der Waals surface area contributed by atoms with Crippen LogP contribution in [0.3, 0.4) is 0 Å². The molecule has 1 N–H and O–H groups in total. The summed E-state index contributed by atoms with van der Waals surface area (Å²) in [5.74, 6) is 0.287. The fourth-order valence-corrected chi connectivity index (χ4v) is 2.35. The molecule has 3 rings (SSSR count). The maximum atomic E-state index is 12.1. The van der Waals surface area contributed by atoms with E-state index in [9.17, 15) is 9.59 Å². The maximum absolute atomic E-state index is 12.1. The first-order valence-electron chi connectivity index (χ1n) is 8.56. The number of ether oxygens (including phenoxy) is 2. The average molecular weight is 381 g/mol. The standard InChI is InChI=1S/C20H19N3O5/c1-13(21-18(24)14-6-4-3-5-7-14)20(25)27-12-17-22-19(28-23-17)15-8-10-16(26-2)11-9-15/h3-11,13H,12H2,1-2H3,(H,21,24)/t13-/m0/s1. The van der Waals surface area contributed by atoms with Crippen LogP contribution in [0.5, 0.6) is 5.75 Å². The largest absolute Gasteiger partial charge is 0.497 e. The van der Waals surface area contributed by atoms with Crippen LogP contribution in [0.25, 0.3) is 11.5 Å². The van der Waals surface area contributed by atoms with Crippen molar-refractivity contribution in [3.05, 3.63) is 66.0 Å². The van der Waals surface area contributed by atoms with E-state index in [1.807, 2.05) is 0 Å². The van der Waals surface area contributed by atoms with Gasteiger partial charge in [-0.15, -0.1) is 0 Å². The lowest BCUT2D eigenvalue weighted by molar-refractivity contribution is -0.147. The van der Waals surface area contributed by atoms with Crippen molar-refractivity contribution >= 4 is 11.9 Å². The van der Waals surface area contributed by atoms with Crippen molar-refractivity contribution in [3.63, 3.8) is 0 Å². The molecule has 0 unspecified atom stereocenters. The summed E-state index contributed by atoms with van der Waals surface area (Å²) in [6.07, 6.45) is 0. The molecule has 1 aromatic heterocycles. The zero-order valence-electron chi connectivity index (χ0n) is 15.4. The van der Waals surface area contributed by atoms with Gasteiger partial charge in [-0.05, 0) is 43.3 Å². The second-order valence-corrected chi connectivity index (χ2v) is 5.91. The van der Waals surface area contributed by atoms with Crippen LogP contribution in [0, 0.1) is 0 Å². The van der Waals surface area contributed by atoms with Crippen molar-refractivity contribution in [1.29, 1.82) is 0 Å². The topological polar surface area (TPSA) is 104 Å². The van der Waals surface area contributed by atoms with Crippen LogP contribution in [0.4, 0.5) is 0 Å². The van der Waals surface area contributed by atoms with Gasteiger partial charge in [0, 0.05) is 11.1 Å². The molecule has 0 saturated heterocycles. The molecular formula is C20H19N3O5. The van der Waals surface area contributed by atoms with Crippen molar-refractivity contribution in [2.75, 3.05) is 7.11 Å². The molecular weight excluding hydrogens is 362 g/mol. The van der Waals surface area contributed by atoms with Crippen LogP contribution in [0.15, 0.2) is 59.1 Å². The van der Waals surface area contributed by atoms with E-state index in [-0.39, 0.29) is 18.3 Å². The Labute approximate surface area is 161 Å². The normalized spacial score (nSPS) is 11.5. The second kappa shape index (κ2) is 8.81. The molecule has 1 heterocycles. The number of carbonyl (C=O) groups excluding carboxylic acids is 2. The van der Waals surface area contributed by atoms with Gasteiger partial charge in [0.05, 0.1) is 7.11 Å². The lowest BCUT2D eigenvalue weighted by Gasteiger charge is -2.12. The molecule has 0 radical (unpaired) electrons. The van der Waals surface area contributed by atoms with Gasteiger partial charge in [-0.2, -0.15) is 4.98 Å². The maximum Gasteiger partial charge on any atom is 0.328 e. The molecule has 0 fully saturated rings. The Hall–Kier alpha value is -3.68. The Morgan fingerprint density at radius 3 is 2.50 bits per heavy atom. The van der Waals surface area contributed by atoms with Crippen LogP contribution in [-0.4, -0.2) is 35.2 Å². The minimum atomic E-state index is -0.819. The van der Waals surface area contributed by atoms with Gasteiger partial charge in [0.15, 0.2) is 6.61 Å². The van der Waals surface area contributed by atoms with Crippen LogP contribution in [0.2, 0.25) is 0 Å². The number of rotatable bonds is 7. The van der Waals surface area contributed by atoms with Crippen molar-refractivity contribution in [2.24, 2.45) is 0 Å². The van der Waals surface area contributed by atoms with Gasteiger partial charge in [0.25, 0.3) is 11.8 Å². The van der Waals surface area contributed by atoms with E-state index in [0.29, 0.717) is 17.2 Å². The molecule has 0 saturated carbocycles. The van der Waals surface area contributed by atoms with Gasteiger partial charge in [0.1, 0.15) is 11.8 Å². The zero-order chi connectivity index (χ0) is 19.9. The minimum absolute atomic E-state index is 0.163. The number of hydrogen-bond acceptors (Lipinski definition) is 7. The minimum Gasteiger partial charge on any atom is -0.497 e. The summed E-state index contributed by atoms with van der Waals surface area (Å²) >= 11 is 0. The lowest BCUT2D eigenvalue weighted by atomic mass is 10.2. The first-order valence-corrected chi connectivity index (χ1v) is 8.56. The number of amides is 1. The van der Waals surface area contributed by atoms with Gasteiger partial charge < -0.3 is 19.3 Å². The SMILES string of the molecule is COc1ccc(-c2nc(COC(=O)[C@H](C)NC(=O)c3ccccc3)no2)cc1. The van der Waals surface area contributed by atoms with E-state index in [4.69, 9.17) is 14.0 Å². The van der Waals surface area contributed by atoms with Gasteiger partial charge in [-0.25, -0.2) is 4.79 Å². The highest BCUT2D eigenvalue weighted by atomic mass is 16.5. The van der Waals surface area contributed by atoms with E-state index in [0.717, 1.165) is 5.56 Å². The number of hydrogen-bond donors (Lipinski definition) is 1. The molecule has 1 atom stereocenters. The molecule has 1 amide bonds. The third-order valence-corrected chi connectivity index (χ3v) is 3.89. The average Bonchev–Trinajstić information content (AvgIpc) is 3.21. The number of carbonyl (C=O) groups is 2. The van der Waals surface area contributed by atoms with Gasteiger partial charge in [0.2, 0.25) is 5.82 Å². The number of methoxy groups -OCH3 is 1. The lowest BCUT2D eigenvalue weighted by Crippen LogP contribution is -2.39. The third-order valence-electron chi connectivity index (χ3n) is 3.89. The van der Waals surface area contributed by atoms with Crippen molar-refractivity contribution in [1.82, 2.24) is 15.5 Å². The number of aromatic nitrogens is 2. The van der Waals surface area contributed by atoms with E-state index in [2.05, 4.69) is 15.5 Å². The van der Waals surface area contributed by atoms with Crippen molar-refractivity contribution in [2.45, 2.75) is 19.6 Å². The first-order chi connectivity index (χ1) is 13.6. The van der Waals surface area contributed by atoms with Crippen LogP contribution in [-0.2, 0) is 16.1 Å². The zero-order valence-corrected chi connectivity index (χ0v) is 15.4. The fraction of sp³-hybridized carbons (Fsp3) is 0.200. The molecule has 2 aromatic carbocycles. The first kappa shape index (κ1) is 19.1. The summed E-state index contributed by atoms with van der Waals surface area (Å²) in [5.41, 5.74) is 1.18. The Bertz CT molecular complexity index is 938. The molecule has 0 aliphatic heterocycles. The Morgan fingerprint density at radius 1 is 1.11 bits per heavy atom. The quantitative estimate of drug-likeness (QED) is 0.627. The second-order valence-electron chi connectivity index (χ2n) is 5.91. The Kier molecular flexibility index (Phi) is 6.01. The molecule has 0 aliphatic rings. The predicted molar refractivity (Wildman–Crippen MR) is 99.5 cm³/mol. The summed E-state index contributed by atoms with van der Waals surface area (Å²) in [5, 5.41) is 6.38. The summed E-state index contributed by atoms with van der Waals surface area (Å²) in [6, 6.07) is 14.9. The molecule has 144 valence electrons. The van der Waals surface area contributed by atoms with Crippen molar-refractivity contribution < 1.29 is 23.6 Å². The molecule has 28 heavy (non-hydrogen) atoms. The summed E-state index contributed by atoms with van der Waals surface area (Å²) in [7, 11) is 1.58.